The third kappa shape index (κ3) is 4.80. The maximum absolute atomic E-state index is 13.6. The Labute approximate surface area is 191 Å². The molecule has 8 heteroatoms. The lowest BCUT2D eigenvalue weighted by Gasteiger charge is -2.26. The van der Waals surface area contributed by atoms with Crippen LogP contribution in [0.4, 0.5) is 0 Å². The molecule has 0 unspecified atom stereocenters. The maximum atomic E-state index is 13.6. The predicted octanol–water partition coefficient (Wildman–Crippen LogP) is 3.64. The summed E-state index contributed by atoms with van der Waals surface area (Å²) < 4.78 is 27.5. The molecule has 3 aromatic rings. The smallest absolute Gasteiger partial charge is 0.349 e. The molecule has 0 spiro atoms. The Balaban J connectivity index is 1.71. The van der Waals surface area contributed by atoms with E-state index < -0.39 is 11.5 Å². The number of benzene rings is 2. The monoisotopic (exact) mass is 453 g/mol. The lowest BCUT2D eigenvalue weighted by atomic mass is 10.1. The van der Waals surface area contributed by atoms with E-state index in [1.807, 2.05) is 6.07 Å². The number of rotatable bonds is 8. The van der Waals surface area contributed by atoms with Gasteiger partial charge < -0.3 is 28.3 Å². The molecule has 1 atom stereocenters. The quantitative estimate of drug-likeness (QED) is 0.481. The number of ether oxygens (including phenoxy) is 4. The van der Waals surface area contributed by atoms with Crippen LogP contribution in [-0.2, 0) is 11.3 Å². The van der Waals surface area contributed by atoms with Gasteiger partial charge in [-0.3, -0.25) is 4.79 Å². The molecule has 1 amide bonds. The fourth-order valence-electron chi connectivity index (χ4n) is 4.08. The third-order valence-corrected chi connectivity index (χ3v) is 5.71. The Bertz CT molecular complexity index is 1170. The van der Waals surface area contributed by atoms with Gasteiger partial charge in [0.15, 0.2) is 11.5 Å². The van der Waals surface area contributed by atoms with Gasteiger partial charge in [-0.25, -0.2) is 4.79 Å². The summed E-state index contributed by atoms with van der Waals surface area (Å²) in [6.45, 7) is 1.23. The van der Waals surface area contributed by atoms with Crippen LogP contribution in [0.3, 0.4) is 0 Å². The van der Waals surface area contributed by atoms with E-state index >= 15 is 0 Å². The van der Waals surface area contributed by atoms with E-state index in [-0.39, 0.29) is 18.2 Å². The maximum Gasteiger partial charge on any atom is 0.349 e. The molecular weight excluding hydrogens is 426 g/mol. The molecule has 2 aromatic carbocycles. The number of hydrogen-bond donors (Lipinski definition) is 0. The molecule has 174 valence electrons. The average molecular weight is 453 g/mol. The highest BCUT2D eigenvalue weighted by molar-refractivity contribution is 5.96. The number of nitrogens with zero attached hydrogens (tertiary/aromatic N) is 1. The van der Waals surface area contributed by atoms with Gasteiger partial charge in [-0.15, -0.1) is 0 Å². The van der Waals surface area contributed by atoms with Crippen molar-refractivity contribution in [3.63, 3.8) is 0 Å². The SMILES string of the molecule is COc1cc(CN(C[C@@H]2CCCO2)C(=O)c2cc3ccccc3oc2=O)cc(OC)c1OC. The minimum absolute atomic E-state index is 0.0147. The molecule has 1 saturated heterocycles. The van der Waals surface area contributed by atoms with Crippen molar-refractivity contribution in [3.8, 4) is 17.2 Å². The summed E-state index contributed by atoms with van der Waals surface area (Å²) in [5.74, 6) is 1.03. The first kappa shape index (κ1) is 22.7. The fraction of sp³-hybridized carbons (Fsp3) is 0.360. The van der Waals surface area contributed by atoms with Crippen molar-refractivity contribution >= 4 is 16.9 Å². The van der Waals surface area contributed by atoms with Gasteiger partial charge in [-0.05, 0) is 42.7 Å². The van der Waals surface area contributed by atoms with Gasteiger partial charge in [0, 0.05) is 25.1 Å². The van der Waals surface area contributed by atoms with Crippen molar-refractivity contribution in [2.45, 2.75) is 25.5 Å². The van der Waals surface area contributed by atoms with Crippen LogP contribution in [0.15, 0.2) is 51.7 Å². The Kier molecular flexibility index (Phi) is 6.84. The second kappa shape index (κ2) is 9.95. The molecule has 0 bridgehead atoms. The normalized spacial score (nSPS) is 15.4. The van der Waals surface area contributed by atoms with Crippen molar-refractivity contribution in [2.75, 3.05) is 34.5 Å². The number of carbonyl (C=O) groups is 1. The average Bonchev–Trinajstić information content (AvgIpc) is 3.35. The minimum Gasteiger partial charge on any atom is -0.493 e. The molecule has 0 N–H and O–H groups in total. The zero-order valence-corrected chi connectivity index (χ0v) is 19.0. The van der Waals surface area contributed by atoms with Crippen LogP contribution < -0.4 is 19.8 Å². The number of fused-ring (bicyclic) bond motifs is 1. The summed E-state index contributed by atoms with van der Waals surface area (Å²) >= 11 is 0. The van der Waals surface area contributed by atoms with Gasteiger partial charge in [0.2, 0.25) is 5.75 Å². The molecular formula is C25H27NO7. The Morgan fingerprint density at radius 1 is 1.06 bits per heavy atom. The highest BCUT2D eigenvalue weighted by atomic mass is 16.5. The standard InChI is InChI=1S/C25H27NO7/c1-29-21-11-16(12-22(30-2)23(21)31-3)14-26(15-18-8-6-10-32-18)24(27)19-13-17-7-4-5-9-20(17)33-25(19)28/h4-5,7,9,11-13,18H,6,8,10,14-15H2,1-3H3/t18-/m0/s1. The van der Waals surface area contributed by atoms with Gasteiger partial charge in [0.25, 0.3) is 5.91 Å². The van der Waals surface area contributed by atoms with Crippen molar-refractivity contribution in [1.82, 2.24) is 4.90 Å². The number of amides is 1. The van der Waals surface area contributed by atoms with E-state index in [1.165, 1.54) is 21.3 Å². The zero-order valence-electron chi connectivity index (χ0n) is 19.0. The Hall–Kier alpha value is -3.52. The summed E-state index contributed by atoms with van der Waals surface area (Å²) in [5.41, 5.74) is 0.524. The zero-order chi connectivity index (χ0) is 23.4. The summed E-state index contributed by atoms with van der Waals surface area (Å²) in [4.78, 5) is 27.8. The van der Waals surface area contributed by atoms with E-state index in [1.54, 1.807) is 41.3 Å². The largest absolute Gasteiger partial charge is 0.493 e. The van der Waals surface area contributed by atoms with Gasteiger partial charge in [0.1, 0.15) is 11.1 Å². The van der Waals surface area contributed by atoms with E-state index in [0.29, 0.717) is 41.4 Å². The molecule has 8 nitrogen and oxygen atoms in total. The van der Waals surface area contributed by atoms with E-state index in [4.69, 9.17) is 23.4 Å². The highest BCUT2D eigenvalue weighted by Crippen LogP contribution is 2.38. The predicted molar refractivity (Wildman–Crippen MR) is 122 cm³/mol. The second-order valence-corrected chi connectivity index (χ2v) is 7.84. The number of hydrogen-bond acceptors (Lipinski definition) is 7. The second-order valence-electron chi connectivity index (χ2n) is 7.84. The molecule has 4 rings (SSSR count). The van der Waals surface area contributed by atoms with Crippen LogP contribution in [0.5, 0.6) is 17.2 Å². The molecule has 1 aliphatic heterocycles. The van der Waals surface area contributed by atoms with Gasteiger partial charge in [0.05, 0.1) is 27.4 Å². The van der Waals surface area contributed by atoms with Crippen LogP contribution in [-0.4, -0.2) is 51.4 Å². The minimum atomic E-state index is -0.666. The van der Waals surface area contributed by atoms with Crippen LogP contribution in [0.1, 0.15) is 28.8 Å². The lowest BCUT2D eigenvalue weighted by Crippen LogP contribution is -2.38. The molecule has 1 aliphatic rings. The van der Waals surface area contributed by atoms with Crippen LogP contribution >= 0.6 is 0 Å². The van der Waals surface area contributed by atoms with Gasteiger partial charge >= 0.3 is 5.63 Å². The number of methoxy groups -OCH3 is 3. The Morgan fingerprint density at radius 2 is 1.79 bits per heavy atom. The summed E-state index contributed by atoms with van der Waals surface area (Å²) in [7, 11) is 4.61. The topological polar surface area (TPSA) is 87.4 Å². The number of carbonyl (C=O) groups excluding carboxylic acids is 1. The molecule has 33 heavy (non-hydrogen) atoms. The molecule has 1 fully saturated rings. The highest BCUT2D eigenvalue weighted by Gasteiger charge is 2.27. The fourth-order valence-corrected chi connectivity index (χ4v) is 4.08. The van der Waals surface area contributed by atoms with Crippen molar-refractivity contribution in [3.05, 3.63) is 64.0 Å². The van der Waals surface area contributed by atoms with Gasteiger partial charge in [-0.1, -0.05) is 18.2 Å². The van der Waals surface area contributed by atoms with Crippen LogP contribution in [0, 0.1) is 0 Å². The molecule has 2 heterocycles. The van der Waals surface area contributed by atoms with Gasteiger partial charge in [-0.2, -0.15) is 0 Å². The first-order chi connectivity index (χ1) is 16.0. The Morgan fingerprint density at radius 3 is 2.42 bits per heavy atom. The first-order valence-corrected chi connectivity index (χ1v) is 10.8. The van der Waals surface area contributed by atoms with Crippen molar-refractivity contribution in [1.29, 1.82) is 0 Å². The van der Waals surface area contributed by atoms with Crippen molar-refractivity contribution < 1.29 is 28.2 Å². The van der Waals surface area contributed by atoms with Crippen molar-refractivity contribution in [2.24, 2.45) is 0 Å². The first-order valence-electron chi connectivity index (χ1n) is 10.8. The molecule has 0 radical (unpaired) electrons. The molecule has 0 saturated carbocycles. The lowest BCUT2D eigenvalue weighted by molar-refractivity contribution is 0.0504. The van der Waals surface area contributed by atoms with E-state index in [0.717, 1.165) is 18.4 Å². The molecule has 0 aliphatic carbocycles. The van der Waals surface area contributed by atoms with E-state index in [9.17, 15) is 9.59 Å². The summed E-state index contributed by atoms with van der Waals surface area (Å²) in [5, 5.41) is 0.685. The third-order valence-electron chi connectivity index (χ3n) is 5.71. The summed E-state index contributed by atoms with van der Waals surface area (Å²) in [6, 6.07) is 12.3. The van der Waals surface area contributed by atoms with E-state index in [2.05, 4.69) is 0 Å². The summed E-state index contributed by atoms with van der Waals surface area (Å²) in [6.07, 6.45) is 1.70. The number of para-hydroxylation sites is 1. The molecule has 1 aromatic heterocycles. The van der Waals surface area contributed by atoms with Crippen LogP contribution in [0.25, 0.3) is 11.0 Å². The van der Waals surface area contributed by atoms with Crippen LogP contribution in [0.2, 0.25) is 0 Å².